The number of benzene rings is 1. The SMILES string of the molecule is CN1C(=O)CN(c2ccc(CCCCN)cc2)CC1=O. The zero-order chi connectivity index (χ0) is 14.5. The molecule has 0 spiro atoms. The van der Waals surface area contributed by atoms with E-state index in [1.54, 1.807) is 0 Å². The van der Waals surface area contributed by atoms with Crippen molar-refractivity contribution in [2.75, 3.05) is 31.6 Å². The fourth-order valence-corrected chi connectivity index (χ4v) is 2.26. The number of hydrogen-bond acceptors (Lipinski definition) is 4. The zero-order valence-electron chi connectivity index (χ0n) is 11.8. The van der Waals surface area contributed by atoms with Crippen LogP contribution in [0.4, 0.5) is 5.69 Å². The van der Waals surface area contributed by atoms with Crippen LogP contribution in [0, 0.1) is 0 Å². The number of hydrogen-bond donors (Lipinski definition) is 1. The van der Waals surface area contributed by atoms with Gasteiger partial charge in [0.1, 0.15) is 0 Å². The molecule has 1 aromatic carbocycles. The Morgan fingerprint density at radius 1 is 1.05 bits per heavy atom. The van der Waals surface area contributed by atoms with Crippen molar-refractivity contribution in [1.29, 1.82) is 0 Å². The van der Waals surface area contributed by atoms with Gasteiger partial charge in [-0.15, -0.1) is 0 Å². The van der Waals surface area contributed by atoms with Crippen LogP contribution >= 0.6 is 0 Å². The highest BCUT2D eigenvalue weighted by Crippen LogP contribution is 2.18. The summed E-state index contributed by atoms with van der Waals surface area (Å²) in [5, 5.41) is 0. The highest BCUT2D eigenvalue weighted by Gasteiger charge is 2.27. The molecule has 2 rings (SSSR count). The van der Waals surface area contributed by atoms with E-state index in [9.17, 15) is 9.59 Å². The number of nitrogens with two attached hydrogens (primary N) is 1. The van der Waals surface area contributed by atoms with Crippen molar-refractivity contribution >= 4 is 17.5 Å². The van der Waals surface area contributed by atoms with E-state index in [0.717, 1.165) is 31.5 Å². The van der Waals surface area contributed by atoms with E-state index >= 15 is 0 Å². The summed E-state index contributed by atoms with van der Waals surface area (Å²) >= 11 is 0. The summed E-state index contributed by atoms with van der Waals surface area (Å²) < 4.78 is 0. The van der Waals surface area contributed by atoms with Gasteiger partial charge in [0.2, 0.25) is 11.8 Å². The second-order valence-electron chi connectivity index (χ2n) is 5.11. The van der Waals surface area contributed by atoms with Crippen molar-refractivity contribution in [3.63, 3.8) is 0 Å². The van der Waals surface area contributed by atoms with E-state index in [2.05, 4.69) is 12.1 Å². The lowest BCUT2D eigenvalue weighted by atomic mass is 10.1. The minimum Gasteiger partial charge on any atom is -0.353 e. The molecule has 0 unspecified atom stereocenters. The van der Waals surface area contributed by atoms with Gasteiger partial charge in [0, 0.05) is 12.7 Å². The lowest BCUT2D eigenvalue weighted by molar-refractivity contribution is -0.143. The molecule has 1 saturated heterocycles. The van der Waals surface area contributed by atoms with Crippen LogP contribution in [0.5, 0.6) is 0 Å². The van der Waals surface area contributed by atoms with E-state index < -0.39 is 0 Å². The predicted molar refractivity (Wildman–Crippen MR) is 78.4 cm³/mol. The fraction of sp³-hybridized carbons (Fsp3) is 0.467. The van der Waals surface area contributed by atoms with Gasteiger partial charge in [-0.1, -0.05) is 12.1 Å². The highest BCUT2D eigenvalue weighted by atomic mass is 16.2. The molecule has 1 heterocycles. The van der Waals surface area contributed by atoms with Gasteiger partial charge in [-0.25, -0.2) is 0 Å². The Balaban J connectivity index is 1.99. The van der Waals surface area contributed by atoms with E-state index in [4.69, 9.17) is 5.73 Å². The number of nitrogens with zero attached hydrogens (tertiary/aromatic N) is 2. The Morgan fingerprint density at radius 3 is 2.20 bits per heavy atom. The highest BCUT2D eigenvalue weighted by molar-refractivity contribution is 6.02. The molecule has 0 radical (unpaired) electrons. The molecule has 1 aliphatic rings. The third-order valence-electron chi connectivity index (χ3n) is 3.62. The maximum atomic E-state index is 11.7. The first-order chi connectivity index (χ1) is 9.61. The van der Waals surface area contributed by atoms with Crippen LogP contribution in [0.2, 0.25) is 0 Å². The molecule has 1 fully saturated rings. The van der Waals surface area contributed by atoms with Crippen LogP contribution in [-0.4, -0.2) is 43.4 Å². The summed E-state index contributed by atoms with van der Waals surface area (Å²) in [4.78, 5) is 26.4. The molecule has 2 amide bonds. The first-order valence-electron chi connectivity index (χ1n) is 6.95. The second-order valence-corrected chi connectivity index (χ2v) is 5.11. The third-order valence-corrected chi connectivity index (χ3v) is 3.62. The molecular weight excluding hydrogens is 254 g/mol. The molecule has 0 aromatic heterocycles. The maximum Gasteiger partial charge on any atom is 0.248 e. The molecule has 5 heteroatoms. The van der Waals surface area contributed by atoms with Crippen molar-refractivity contribution < 1.29 is 9.59 Å². The lowest BCUT2D eigenvalue weighted by Gasteiger charge is -2.32. The summed E-state index contributed by atoms with van der Waals surface area (Å²) in [5.74, 6) is -0.318. The number of carbonyl (C=O) groups is 2. The number of piperazine rings is 1. The summed E-state index contributed by atoms with van der Waals surface area (Å²) in [5.41, 5.74) is 7.65. The van der Waals surface area contributed by atoms with E-state index in [1.165, 1.54) is 17.5 Å². The van der Waals surface area contributed by atoms with Crippen LogP contribution < -0.4 is 10.6 Å². The predicted octanol–water partition coefficient (Wildman–Crippen LogP) is 0.773. The van der Waals surface area contributed by atoms with Gasteiger partial charge in [0.15, 0.2) is 0 Å². The minimum absolute atomic E-state index is 0.159. The monoisotopic (exact) mass is 275 g/mol. The molecule has 2 N–H and O–H groups in total. The van der Waals surface area contributed by atoms with Crippen molar-refractivity contribution in [3.05, 3.63) is 29.8 Å². The van der Waals surface area contributed by atoms with Crippen molar-refractivity contribution in [2.24, 2.45) is 5.73 Å². The fourth-order valence-electron chi connectivity index (χ4n) is 2.26. The summed E-state index contributed by atoms with van der Waals surface area (Å²) in [6.45, 7) is 1.24. The maximum absolute atomic E-state index is 11.7. The van der Waals surface area contributed by atoms with Crippen molar-refractivity contribution in [3.8, 4) is 0 Å². The molecule has 5 nitrogen and oxygen atoms in total. The summed E-state index contributed by atoms with van der Waals surface area (Å²) in [7, 11) is 1.53. The van der Waals surface area contributed by atoms with Gasteiger partial charge in [0.05, 0.1) is 13.1 Å². The number of unbranched alkanes of at least 4 members (excludes halogenated alkanes) is 1. The number of likely N-dealkylation sites (N-methyl/N-ethyl adjacent to an activating group) is 1. The van der Waals surface area contributed by atoms with Crippen molar-refractivity contribution in [1.82, 2.24) is 4.90 Å². The van der Waals surface area contributed by atoms with Crippen LogP contribution in [0.25, 0.3) is 0 Å². The topological polar surface area (TPSA) is 66.6 Å². The van der Waals surface area contributed by atoms with Gasteiger partial charge in [-0.2, -0.15) is 0 Å². The Morgan fingerprint density at radius 2 is 1.65 bits per heavy atom. The van der Waals surface area contributed by atoms with Crippen LogP contribution in [-0.2, 0) is 16.0 Å². The molecule has 20 heavy (non-hydrogen) atoms. The van der Waals surface area contributed by atoms with Crippen LogP contribution in [0.3, 0.4) is 0 Å². The molecule has 0 aliphatic carbocycles. The number of rotatable bonds is 5. The summed E-state index contributed by atoms with van der Waals surface area (Å²) in [6.07, 6.45) is 3.13. The van der Waals surface area contributed by atoms with Gasteiger partial charge < -0.3 is 10.6 Å². The normalized spacial score (nSPS) is 15.9. The minimum atomic E-state index is -0.159. The number of imide groups is 1. The Bertz CT molecular complexity index is 466. The number of anilines is 1. The first-order valence-corrected chi connectivity index (χ1v) is 6.95. The summed E-state index contributed by atoms with van der Waals surface area (Å²) in [6, 6.07) is 8.06. The molecular formula is C15H21N3O2. The number of amides is 2. The van der Waals surface area contributed by atoms with E-state index in [-0.39, 0.29) is 24.9 Å². The van der Waals surface area contributed by atoms with Gasteiger partial charge >= 0.3 is 0 Å². The second kappa shape index (κ2) is 6.52. The number of aryl methyl sites for hydroxylation is 1. The molecule has 0 bridgehead atoms. The van der Waals surface area contributed by atoms with E-state index in [0.29, 0.717) is 0 Å². The Kier molecular flexibility index (Phi) is 4.74. The van der Waals surface area contributed by atoms with E-state index in [1.807, 2.05) is 17.0 Å². The standard InChI is InChI=1S/C15H21N3O2/c1-17-14(19)10-18(11-15(17)20)13-7-5-12(6-8-13)4-2-3-9-16/h5-8H,2-4,9-11,16H2,1H3. The van der Waals surface area contributed by atoms with Gasteiger partial charge in [0.25, 0.3) is 0 Å². The smallest absolute Gasteiger partial charge is 0.248 e. The lowest BCUT2D eigenvalue weighted by Crippen LogP contribution is -2.52. The molecule has 1 aromatic rings. The van der Waals surface area contributed by atoms with Crippen molar-refractivity contribution in [2.45, 2.75) is 19.3 Å². The van der Waals surface area contributed by atoms with Gasteiger partial charge in [-0.05, 0) is 43.5 Å². The molecule has 0 atom stereocenters. The quantitative estimate of drug-likeness (QED) is 0.637. The molecule has 1 aliphatic heterocycles. The zero-order valence-corrected chi connectivity index (χ0v) is 11.8. The average molecular weight is 275 g/mol. The average Bonchev–Trinajstić information content (AvgIpc) is 2.45. The number of carbonyl (C=O) groups excluding carboxylic acids is 2. The van der Waals surface area contributed by atoms with Crippen LogP contribution in [0.15, 0.2) is 24.3 Å². The molecule has 0 saturated carbocycles. The largest absolute Gasteiger partial charge is 0.353 e. The Labute approximate surface area is 119 Å². The third kappa shape index (κ3) is 3.36. The molecule has 108 valence electrons. The first kappa shape index (κ1) is 14.5. The Hall–Kier alpha value is -1.88. The van der Waals surface area contributed by atoms with Gasteiger partial charge in [-0.3, -0.25) is 14.5 Å². The van der Waals surface area contributed by atoms with Crippen LogP contribution in [0.1, 0.15) is 18.4 Å².